The first-order chi connectivity index (χ1) is 23.3. The van der Waals surface area contributed by atoms with Crippen LogP contribution in [-0.2, 0) is 27.3 Å². The summed E-state index contributed by atoms with van der Waals surface area (Å²) in [6.45, 7) is 5.25. The number of imidazole rings is 1. The number of fused-ring (bicyclic) bond motifs is 1. The summed E-state index contributed by atoms with van der Waals surface area (Å²) in [5.74, 6) is -0.0361. The van der Waals surface area contributed by atoms with Crippen molar-refractivity contribution in [1.82, 2.24) is 25.5 Å². The fourth-order valence-electron chi connectivity index (χ4n) is 6.72. The highest BCUT2D eigenvalue weighted by Gasteiger charge is 2.28. The predicted octanol–water partition coefficient (Wildman–Crippen LogP) is 4.65. The minimum Gasteiger partial charge on any atom is -0.394 e. The van der Waals surface area contributed by atoms with Crippen LogP contribution in [0.15, 0.2) is 48.5 Å². The van der Waals surface area contributed by atoms with Gasteiger partial charge in [0, 0.05) is 13.1 Å². The van der Waals surface area contributed by atoms with Gasteiger partial charge >= 0.3 is 0 Å². The molecule has 3 atom stereocenters. The molecule has 0 aliphatic heterocycles. The van der Waals surface area contributed by atoms with E-state index in [9.17, 15) is 19.5 Å². The van der Waals surface area contributed by atoms with Gasteiger partial charge in [-0.3, -0.25) is 14.4 Å². The Kier molecular flexibility index (Phi) is 14.9. The number of nitrogens with two attached hydrogens (primary N) is 1. The quantitative estimate of drug-likeness (QED) is 0.118. The van der Waals surface area contributed by atoms with Crippen LogP contribution in [0.5, 0.6) is 0 Å². The Labute approximate surface area is 285 Å². The predicted molar refractivity (Wildman–Crippen MR) is 190 cm³/mol. The summed E-state index contributed by atoms with van der Waals surface area (Å²) in [6.07, 6.45) is 12.0. The Morgan fingerprint density at radius 2 is 1.65 bits per heavy atom. The van der Waals surface area contributed by atoms with Crippen molar-refractivity contribution < 1.29 is 19.5 Å². The second-order valence-corrected chi connectivity index (χ2v) is 13.4. The molecule has 0 bridgehead atoms. The van der Waals surface area contributed by atoms with Crippen molar-refractivity contribution in [2.24, 2.45) is 11.7 Å². The van der Waals surface area contributed by atoms with Crippen molar-refractivity contribution in [3.05, 3.63) is 65.5 Å². The molecule has 1 aliphatic rings. The van der Waals surface area contributed by atoms with Crippen LogP contribution < -0.4 is 21.7 Å². The summed E-state index contributed by atoms with van der Waals surface area (Å²) in [7, 11) is 0. The minimum absolute atomic E-state index is 0.238. The third-order valence-electron chi connectivity index (χ3n) is 9.79. The topological polar surface area (TPSA) is 151 Å². The number of hydrogen-bond donors (Lipinski definition) is 5. The first kappa shape index (κ1) is 37.1. The smallest absolute Gasteiger partial charge is 0.245 e. The number of para-hydroxylation sites is 2. The Morgan fingerprint density at radius 1 is 0.917 bits per heavy atom. The summed E-state index contributed by atoms with van der Waals surface area (Å²) in [5.41, 5.74) is 9.87. The van der Waals surface area contributed by atoms with E-state index in [0.717, 1.165) is 55.6 Å². The van der Waals surface area contributed by atoms with E-state index in [1.54, 1.807) is 6.92 Å². The molecule has 4 rings (SSSR count). The van der Waals surface area contributed by atoms with Gasteiger partial charge in [0.15, 0.2) is 0 Å². The van der Waals surface area contributed by atoms with Gasteiger partial charge in [-0.1, -0.05) is 68.5 Å². The highest BCUT2D eigenvalue weighted by Crippen LogP contribution is 2.26. The molecule has 3 amide bonds. The van der Waals surface area contributed by atoms with Crippen molar-refractivity contribution in [1.29, 1.82) is 0 Å². The van der Waals surface area contributed by atoms with E-state index >= 15 is 0 Å². The molecule has 262 valence electrons. The second kappa shape index (κ2) is 19.3. The van der Waals surface area contributed by atoms with Crippen molar-refractivity contribution >= 4 is 28.8 Å². The van der Waals surface area contributed by atoms with E-state index in [1.807, 2.05) is 49.4 Å². The van der Waals surface area contributed by atoms with Crippen LogP contribution in [0.1, 0.15) is 100 Å². The van der Waals surface area contributed by atoms with Gasteiger partial charge in [0.05, 0.1) is 23.6 Å². The Morgan fingerprint density at radius 3 is 2.38 bits per heavy atom. The molecule has 10 nitrogen and oxygen atoms in total. The number of hydrogen-bond acceptors (Lipinski definition) is 6. The SMILES string of the molecule is Cc1nc2ccccc2n1CCCCc1ccc(C(C)C(=O)N[C@@H](CO)C(=O)N[C@@H](CCCCN)C(=O)NCCC2CCCCC2)cc1. The highest BCUT2D eigenvalue weighted by molar-refractivity contribution is 5.93. The van der Waals surface area contributed by atoms with Crippen LogP contribution in [0.3, 0.4) is 0 Å². The molecular formula is C38H56N6O4. The average Bonchev–Trinajstić information content (AvgIpc) is 3.43. The van der Waals surface area contributed by atoms with E-state index in [1.165, 1.54) is 43.2 Å². The number of aliphatic hydroxyl groups is 1. The molecule has 1 unspecified atom stereocenters. The summed E-state index contributed by atoms with van der Waals surface area (Å²) < 4.78 is 2.27. The van der Waals surface area contributed by atoms with Gasteiger partial charge in [-0.2, -0.15) is 0 Å². The number of aliphatic hydroxyl groups excluding tert-OH is 1. The number of aromatic nitrogens is 2. The molecule has 2 aromatic carbocycles. The van der Waals surface area contributed by atoms with Crippen LogP contribution in [0.25, 0.3) is 11.0 Å². The Hall–Kier alpha value is -3.76. The van der Waals surface area contributed by atoms with Crippen molar-refractivity contribution in [3.63, 3.8) is 0 Å². The van der Waals surface area contributed by atoms with Crippen LogP contribution in [0, 0.1) is 12.8 Å². The maximum absolute atomic E-state index is 13.2. The van der Waals surface area contributed by atoms with Gasteiger partial charge in [0.1, 0.15) is 17.9 Å². The van der Waals surface area contributed by atoms with Crippen molar-refractivity contribution in [3.8, 4) is 0 Å². The fourth-order valence-corrected chi connectivity index (χ4v) is 6.72. The third-order valence-corrected chi connectivity index (χ3v) is 9.79. The van der Waals surface area contributed by atoms with Gasteiger partial charge in [-0.05, 0) is 94.5 Å². The van der Waals surface area contributed by atoms with E-state index in [4.69, 9.17) is 5.73 Å². The lowest BCUT2D eigenvalue weighted by atomic mass is 9.87. The number of carbonyl (C=O) groups excluding carboxylic acids is 3. The van der Waals surface area contributed by atoms with Gasteiger partial charge in [-0.25, -0.2) is 4.98 Å². The Balaban J connectivity index is 1.24. The number of rotatable bonds is 19. The number of nitrogens with zero attached hydrogens (tertiary/aromatic N) is 2. The summed E-state index contributed by atoms with van der Waals surface area (Å²) in [4.78, 5) is 44.0. The van der Waals surface area contributed by atoms with E-state index < -0.39 is 30.5 Å². The van der Waals surface area contributed by atoms with E-state index in [-0.39, 0.29) is 11.8 Å². The molecule has 0 saturated heterocycles. The summed E-state index contributed by atoms with van der Waals surface area (Å²) >= 11 is 0. The molecule has 1 fully saturated rings. The molecular weight excluding hydrogens is 604 g/mol. The zero-order chi connectivity index (χ0) is 34.3. The lowest BCUT2D eigenvalue weighted by molar-refractivity contribution is -0.133. The monoisotopic (exact) mass is 660 g/mol. The second-order valence-electron chi connectivity index (χ2n) is 13.4. The van der Waals surface area contributed by atoms with Gasteiger partial charge in [-0.15, -0.1) is 0 Å². The first-order valence-electron chi connectivity index (χ1n) is 18.0. The molecule has 6 N–H and O–H groups in total. The zero-order valence-electron chi connectivity index (χ0n) is 28.9. The van der Waals surface area contributed by atoms with Crippen molar-refractivity contribution in [2.75, 3.05) is 19.7 Å². The first-order valence-corrected chi connectivity index (χ1v) is 18.0. The largest absolute Gasteiger partial charge is 0.394 e. The number of nitrogens with one attached hydrogen (secondary N) is 3. The number of aryl methyl sites for hydroxylation is 3. The van der Waals surface area contributed by atoms with Crippen molar-refractivity contribution in [2.45, 2.75) is 115 Å². The summed E-state index contributed by atoms with van der Waals surface area (Å²) in [6, 6.07) is 14.3. The van der Waals surface area contributed by atoms with Crippen LogP contribution in [0.4, 0.5) is 0 Å². The lowest BCUT2D eigenvalue weighted by Crippen LogP contribution is -2.55. The maximum Gasteiger partial charge on any atom is 0.245 e. The summed E-state index contributed by atoms with van der Waals surface area (Å²) in [5, 5.41) is 18.5. The number of benzene rings is 2. The fraction of sp³-hybridized carbons (Fsp3) is 0.579. The molecule has 1 aromatic heterocycles. The molecule has 0 radical (unpaired) electrons. The zero-order valence-corrected chi connectivity index (χ0v) is 28.9. The van der Waals surface area contributed by atoms with Crippen LogP contribution in [0.2, 0.25) is 0 Å². The number of unbranched alkanes of at least 4 members (excludes halogenated alkanes) is 2. The molecule has 1 heterocycles. The standard InChI is InChI=1S/C38H56N6O4/c1-27(31-20-18-30(19-21-31)14-9-11-25-44-28(2)41-32-15-6-7-17-35(32)44)36(46)43-34(26-45)38(48)42-33(16-8-10-23-39)37(47)40-24-22-29-12-4-3-5-13-29/h6-7,15,17-21,27,29,33-34,45H,3-5,8-14,16,22-26,39H2,1-2H3,(H,40,47)(H,42,48)(H,43,46)/t27?,33-,34-/m0/s1. The van der Waals surface area contributed by atoms with E-state index in [2.05, 4.69) is 31.6 Å². The van der Waals surface area contributed by atoms with Gasteiger partial charge in [0.2, 0.25) is 17.7 Å². The highest BCUT2D eigenvalue weighted by atomic mass is 16.3. The third kappa shape index (κ3) is 10.9. The molecule has 1 saturated carbocycles. The average molecular weight is 661 g/mol. The normalized spacial score (nSPS) is 15.5. The lowest BCUT2D eigenvalue weighted by Gasteiger charge is -2.24. The molecule has 3 aromatic rings. The van der Waals surface area contributed by atoms with Crippen LogP contribution >= 0.6 is 0 Å². The van der Waals surface area contributed by atoms with Crippen LogP contribution in [-0.4, -0.2) is 64.2 Å². The van der Waals surface area contributed by atoms with Gasteiger partial charge < -0.3 is 31.4 Å². The minimum atomic E-state index is -1.16. The number of amides is 3. The van der Waals surface area contributed by atoms with Gasteiger partial charge in [0.25, 0.3) is 0 Å². The molecule has 1 aliphatic carbocycles. The number of carbonyl (C=O) groups is 3. The Bertz CT molecular complexity index is 1450. The van der Waals surface area contributed by atoms with E-state index in [0.29, 0.717) is 31.8 Å². The molecule has 10 heteroatoms. The molecule has 0 spiro atoms. The maximum atomic E-state index is 13.2. The molecule has 48 heavy (non-hydrogen) atoms.